The van der Waals surface area contributed by atoms with Crippen molar-refractivity contribution in [3.8, 4) is 5.75 Å². The van der Waals surface area contributed by atoms with Crippen molar-refractivity contribution in [3.05, 3.63) is 37.6 Å². The molecule has 6 heteroatoms. The van der Waals surface area contributed by atoms with E-state index in [-0.39, 0.29) is 6.54 Å². The number of ether oxygens (including phenoxy) is 1. The maximum absolute atomic E-state index is 8.26. The van der Waals surface area contributed by atoms with Crippen LogP contribution in [-0.4, -0.2) is 12.6 Å². The van der Waals surface area contributed by atoms with Gasteiger partial charge in [0.15, 0.2) is 0 Å². The van der Waals surface area contributed by atoms with Crippen molar-refractivity contribution in [1.29, 1.82) is 0 Å². The molecule has 0 N–H and O–H groups in total. The molecule has 0 radical (unpaired) electrons. The molecule has 0 amide bonds. The van der Waals surface area contributed by atoms with Crippen molar-refractivity contribution >= 4 is 27.5 Å². The van der Waals surface area contributed by atoms with Crippen molar-refractivity contribution in [1.82, 2.24) is 0 Å². The second kappa shape index (κ2) is 4.31. The lowest BCUT2D eigenvalue weighted by Gasteiger charge is -2.06. The highest BCUT2D eigenvalue weighted by Gasteiger charge is 2.24. The molecule has 1 aromatic carbocycles. The lowest BCUT2D eigenvalue weighted by Crippen LogP contribution is -2.16. The fourth-order valence-corrected chi connectivity index (χ4v) is 2.18. The van der Waals surface area contributed by atoms with Gasteiger partial charge in [0.25, 0.3) is 0 Å². The van der Waals surface area contributed by atoms with E-state index >= 15 is 0 Å². The predicted octanol–water partition coefficient (Wildman–Crippen LogP) is 3.72. The molecule has 1 aliphatic rings. The topological polar surface area (TPSA) is 58.0 Å². The first-order valence-corrected chi connectivity index (χ1v) is 5.31. The molecule has 1 unspecified atom stereocenters. The Kier molecular flexibility index (Phi) is 2.38. The zero-order valence-corrected chi connectivity index (χ0v) is 9.79. The molecule has 15 heavy (non-hydrogen) atoms. The summed E-state index contributed by atoms with van der Waals surface area (Å²) in [6.07, 6.45) is -2.57. The SMILES string of the molecule is [2H]C1([2H])c2cc(Br)cc(Cl)c2OC1CN=[N+]=[N-]. The molecule has 4 nitrogen and oxygen atoms in total. The number of halogens is 2. The van der Waals surface area contributed by atoms with Crippen LogP contribution in [0.5, 0.6) is 5.75 Å². The molecule has 1 aliphatic heterocycles. The van der Waals surface area contributed by atoms with Gasteiger partial charge in [0.2, 0.25) is 0 Å². The monoisotopic (exact) mass is 289 g/mol. The molecular formula is C9H7BrClN3O. The van der Waals surface area contributed by atoms with E-state index in [9.17, 15) is 0 Å². The summed E-state index contributed by atoms with van der Waals surface area (Å²) in [6.45, 7) is -0.0773. The third-order valence-electron chi connectivity index (χ3n) is 1.90. The third kappa shape index (κ3) is 2.20. The van der Waals surface area contributed by atoms with E-state index in [0.29, 0.717) is 20.8 Å². The normalized spacial score (nSPS) is 23.2. The van der Waals surface area contributed by atoms with Gasteiger partial charge >= 0.3 is 0 Å². The minimum atomic E-state index is -1.73. The molecule has 0 aliphatic carbocycles. The Morgan fingerprint density at radius 2 is 2.60 bits per heavy atom. The van der Waals surface area contributed by atoms with Crippen LogP contribution >= 0.6 is 27.5 Å². The zero-order chi connectivity index (χ0) is 12.6. The van der Waals surface area contributed by atoms with Crippen LogP contribution in [0.3, 0.4) is 0 Å². The quantitative estimate of drug-likeness (QED) is 0.465. The van der Waals surface area contributed by atoms with E-state index < -0.39 is 12.5 Å². The highest BCUT2D eigenvalue weighted by Crippen LogP contribution is 2.38. The Bertz CT molecular complexity index is 519. The number of rotatable bonds is 2. The predicted molar refractivity (Wildman–Crippen MR) is 61.3 cm³/mol. The standard InChI is InChI=1S/C9H7BrClN3O/c10-6-1-5-2-7(4-13-14-12)15-9(5)8(11)3-6/h1,3,7H,2,4H2/i2D2. The lowest BCUT2D eigenvalue weighted by atomic mass is 10.1. The summed E-state index contributed by atoms with van der Waals surface area (Å²) >= 11 is 9.23. The summed E-state index contributed by atoms with van der Waals surface area (Å²) in [5.74, 6) is 0.318. The Labute approximate surface area is 103 Å². The molecule has 1 aromatic rings. The van der Waals surface area contributed by atoms with E-state index in [4.69, 9.17) is 24.6 Å². The van der Waals surface area contributed by atoms with Crippen LogP contribution in [0.25, 0.3) is 10.4 Å². The van der Waals surface area contributed by atoms with Gasteiger partial charge in [-0.3, -0.25) is 0 Å². The van der Waals surface area contributed by atoms with Crippen molar-refractivity contribution in [2.45, 2.75) is 12.5 Å². The summed E-state index contributed by atoms with van der Waals surface area (Å²) in [5, 5.41) is 3.68. The first-order valence-electron chi connectivity index (χ1n) is 5.14. The minimum Gasteiger partial charge on any atom is -0.488 e. The summed E-state index contributed by atoms with van der Waals surface area (Å²) < 4.78 is 22.0. The van der Waals surface area contributed by atoms with Gasteiger partial charge in [-0.2, -0.15) is 0 Å². The number of azide groups is 1. The van der Waals surface area contributed by atoms with Gasteiger partial charge in [0.1, 0.15) is 11.9 Å². The number of benzene rings is 1. The molecule has 78 valence electrons. The first kappa shape index (κ1) is 8.28. The maximum Gasteiger partial charge on any atom is 0.141 e. The summed E-state index contributed by atoms with van der Waals surface area (Å²) in [5.41, 5.74) is 8.63. The van der Waals surface area contributed by atoms with E-state index in [2.05, 4.69) is 26.0 Å². The molecule has 0 spiro atoms. The summed E-state index contributed by atoms with van der Waals surface area (Å²) in [6, 6.07) is 3.25. The minimum absolute atomic E-state index is 0.0773. The summed E-state index contributed by atoms with van der Waals surface area (Å²) in [4.78, 5) is 2.60. The van der Waals surface area contributed by atoms with Crippen LogP contribution in [-0.2, 0) is 6.37 Å². The number of nitrogens with zero attached hydrogens (tertiary/aromatic N) is 3. The van der Waals surface area contributed by atoms with E-state index in [1.807, 2.05) is 0 Å². The second-order valence-corrected chi connectivity index (χ2v) is 4.25. The van der Waals surface area contributed by atoms with E-state index in [1.54, 1.807) is 12.1 Å². The lowest BCUT2D eigenvalue weighted by molar-refractivity contribution is 0.241. The van der Waals surface area contributed by atoms with Gasteiger partial charge in [0.05, 0.1) is 11.6 Å². The second-order valence-electron chi connectivity index (χ2n) is 2.93. The van der Waals surface area contributed by atoms with Gasteiger partial charge in [0, 0.05) is 24.1 Å². The van der Waals surface area contributed by atoms with Gasteiger partial charge in [-0.1, -0.05) is 32.6 Å². The Morgan fingerprint density at radius 3 is 3.33 bits per heavy atom. The molecule has 2 rings (SSSR count). The summed E-state index contributed by atoms with van der Waals surface area (Å²) in [7, 11) is 0. The highest BCUT2D eigenvalue weighted by molar-refractivity contribution is 9.10. The molecule has 0 aromatic heterocycles. The third-order valence-corrected chi connectivity index (χ3v) is 2.63. The van der Waals surface area contributed by atoms with Gasteiger partial charge in [-0.15, -0.1) is 0 Å². The molecule has 0 saturated carbocycles. The van der Waals surface area contributed by atoms with Crippen LogP contribution in [0.2, 0.25) is 5.02 Å². The van der Waals surface area contributed by atoms with Crippen molar-refractivity contribution < 1.29 is 7.48 Å². The van der Waals surface area contributed by atoms with Crippen LogP contribution in [0, 0.1) is 0 Å². The van der Waals surface area contributed by atoms with Crippen LogP contribution in [0.4, 0.5) is 0 Å². The largest absolute Gasteiger partial charge is 0.488 e. The fourth-order valence-electron chi connectivity index (χ4n) is 1.33. The number of fused-ring (bicyclic) bond motifs is 1. The van der Waals surface area contributed by atoms with E-state index in [1.165, 1.54) is 0 Å². The van der Waals surface area contributed by atoms with Crippen LogP contribution in [0.15, 0.2) is 21.7 Å². The first-order chi connectivity index (χ1) is 7.96. The van der Waals surface area contributed by atoms with Crippen molar-refractivity contribution in [3.63, 3.8) is 0 Å². The Balaban J connectivity index is 2.46. The van der Waals surface area contributed by atoms with Crippen molar-refractivity contribution in [2.75, 3.05) is 6.54 Å². The number of hydrogen-bond donors (Lipinski definition) is 0. The molecule has 1 atom stereocenters. The molecular weight excluding hydrogens is 281 g/mol. The highest BCUT2D eigenvalue weighted by atomic mass is 79.9. The van der Waals surface area contributed by atoms with Crippen LogP contribution in [0.1, 0.15) is 8.30 Å². The molecule has 0 bridgehead atoms. The fraction of sp³-hybridized carbons (Fsp3) is 0.333. The van der Waals surface area contributed by atoms with Gasteiger partial charge in [-0.05, 0) is 17.7 Å². The molecule has 0 saturated heterocycles. The molecule has 1 heterocycles. The maximum atomic E-state index is 8.26. The average Bonchev–Trinajstić information content (AvgIpc) is 2.49. The number of hydrogen-bond acceptors (Lipinski definition) is 2. The van der Waals surface area contributed by atoms with Crippen LogP contribution < -0.4 is 4.74 Å². The van der Waals surface area contributed by atoms with Crippen molar-refractivity contribution in [2.24, 2.45) is 5.11 Å². The Morgan fingerprint density at radius 1 is 1.80 bits per heavy atom. The van der Waals surface area contributed by atoms with Gasteiger partial charge in [-0.25, -0.2) is 0 Å². The van der Waals surface area contributed by atoms with E-state index in [0.717, 1.165) is 0 Å². The zero-order valence-electron chi connectivity index (χ0n) is 9.44. The average molecular weight is 291 g/mol. The Hall–Kier alpha value is -0.900. The smallest absolute Gasteiger partial charge is 0.141 e. The van der Waals surface area contributed by atoms with Gasteiger partial charge < -0.3 is 4.74 Å². The molecule has 0 fully saturated rings.